The summed E-state index contributed by atoms with van der Waals surface area (Å²) in [5, 5.41) is 6.56. The fourth-order valence-electron chi connectivity index (χ4n) is 2.30. The lowest BCUT2D eigenvalue weighted by molar-refractivity contribution is 0.0932. The molecule has 1 atom stereocenters. The fraction of sp³-hybridized carbons (Fsp3) is 0.211. The average molecular weight is 337 g/mol. The number of carbonyl (C=O) groups excluding carboxylic acids is 1. The molecule has 0 fully saturated rings. The predicted molar refractivity (Wildman–Crippen MR) is 92.1 cm³/mol. The lowest BCUT2D eigenvalue weighted by Crippen LogP contribution is -2.26. The SMILES string of the molecule is Cc1noc(C(C)NC(=O)c2cccc(OCc3ccccc3)c2)n1. The van der Waals surface area contributed by atoms with Gasteiger partial charge in [0, 0.05) is 5.56 Å². The lowest BCUT2D eigenvalue weighted by atomic mass is 10.2. The van der Waals surface area contributed by atoms with Gasteiger partial charge in [-0.05, 0) is 37.6 Å². The maximum Gasteiger partial charge on any atom is 0.252 e. The van der Waals surface area contributed by atoms with Crippen LogP contribution in [0.2, 0.25) is 0 Å². The number of aromatic nitrogens is 2. The minimum absolute atomic E-state index is 0.228. The summed E-state index contributed by atoms with van der Waals surface area (Å²) in [6.45, 7) is 3.97. The van der Waals surface area contributed by atoms with Gasteiger partial charge in [-0.25, -0.2) is 0 Å². The Hall–Kier alpha value is -3.15. The molecule has 0 aliphatic carbocycles. The van der Waals surface area contributed by atoms with Crippen molar-refractivity contribution in [3.05, 3.63) is 77.4 Å². The molecule has 3 rings (SSSR count). The van der Waals surface area contributed by atoms with Crippen molar-refractivity contribution in [3.8, 4) is 5.75 Å². The van der Waals surface area contributed by atoms with Gasteiger partial charge in [0.2, 0.25) is 5.89 Å². The van der Waals surface area contributed by atoms with Crippen LogP contribution in [0.4, 0.5) is 0 Å². The molecule has 0 radical (unpaired) electrons. The summed E-state index contributed by atoms with van der Waals surface area (Å²) in [7, 11) is 0. The summed E-state index contributed by atoms with van der Waals surface area (Å²) >= 11 is 0. The third-order valence-corrected chi connectivity index (χ3v) is 3.61. The first-order valence-electron chi connectivity index (χ1n) is 7.99. The number of aryl methyl sites for hydroxylation is 1. The van der Waals surface area contributed by atoms with E-state index < -0.39 is 0 Å². The highest BCUT2D eigenvalue weighted by molar-refractivity contribution is 5.94. The van der Waals surface area contributed by atoms with Gasteiger partial charge in [-0.2, -0.15) is 4.98 Å². The summed E-state index contributed by atoms with van der Waals surface area (Å²) in [5.74, 6) is 1.32. The summed E-state index contributed by atoms with van der Waals surface area (Å²) in [4.78, 5) is 16.5. The molecule has 2 aromatic carbocycles. The Labute approximate surface area is 145 Å². The molecule has 6 nitrogen and oxygen atoms in total. The van der Waals surface area contributed by atoms with Crippen LogP contribution in [0, 0.1) is 6.92 Å². The van der Waals surface area contributed by atoms with Crippen LogP contribution >= 0.6 is 0 Å². The van der Waals surface area contributed by atoms with E-state index >= 15 is 0 Å². The van der Waals surface area contributed by atoms with Crippen molar-refractivity contribution in [1.29, 1.82) is 0 Å². The quantitative estimate of drug-likeness (QED) is 0.745. The molecule has 1 unspecified atom stereocenters. The van der Waals surface area contributed by atoms with Crippen LogP contribution in [0.3, 0.4) is 0 Å². The van der Waals surface area contributed by atoms with Crippen LogP contribution in [0.1, 0.15) is 40.6 Å². The van der Waals surface area contributed by atoms with Crippen LogP contribution in [0.5, 0.6) is 5.75 Å². The lowest BCUT2D eigenvalue weighted by Gasteiger charge is -2.11. The van der Waals surface area contributed by atoms with Crippen molar-refractivity contribution >= 4 is 5.91 Å². The molecular formula is C19H19N3O3. The number of nitrogens with zero attached hydrogens (tertiary/aromatic N) is 2. The van der Waals surface area contributed by atoms with Gasteiger partial charge in [-0.15, -0.1) is 0 Å². The van der Waals surface area contributed by atoms with Crippen molar-refractivity contribution in [3.63, 3.8) is 0 Å². The number of rotatable bonds is 6. The monoisotopic (exact) mass is 337 g/mol. The standard InChI is InChI=1S/C19H19N3O3/c1-13(19-21-14(2)22-25-19)20-18(23)16-9-6-10-17(11-16)24-12-15-7-4-3-5-8-15/h3-11,13H,12H2,1-2H3,(H,20,23). The van der Waals surface area contributed by atoms with Gasteiger partial charge < -0.3 is 14.6 Å². The molecule has 3 aromatic rings. The van der Waals surface area contributed by atoms with E-state index in [9.17, 15) is 4.79 Å². The zero-order chi connectivity index (χ0) is 17.6. The Morgan fingerprint density at radius 1 is 1.20 bits per heavy atom. The predicted octanol–water partition coefficient (Wildman–Crippen LogP) is 3.45. The summed E-state index contributed by atoms with van der Waals surface area (Å²) in [5.41, 5.74) is 1.58. The molecule has 1 N–H and O–H groups in total. The molecular weight excluding hydrogens is 318 g/mol. The molecule has 1 heterocycles. The molecule has 0 aliphatic heterocycles. The van der Waals surface area contributed by atoms with Crippen molar-refractivity contribution < 1.29 is 14.1 Å². The van der Waals surface area contributed by atoms with E-state index in [2.05, 4.69) is 15.5 Å². The first-order valence-corrected chi connectivity index (χ1v) is 7.99. The second-order valence-corrected chi connectivity index (χ2v) is 5.68. The van der Waals surface area contributed by atoms with Gasteiger partial charge in [0.25, 0.3) is 5.91 Å². The minimum Gasteiger partial charge on any atom is -0.489 e. The highest BCUT2D eigenvalue weighted by Crippen LogP contribution is 2.17. The van der Waals surface area contributed by atoms with Crippen LogP contribution in [0.15, 0.2) is 59.1 Å². The van der Waals surface area contributed by atoms with Crippen molar-refractivity contribution in [2.24, 2.45) is 0 Å². The Morgan fingerprint density at radius 2 is 2.00 bits per heavy atom. The molecule has 0 saturated heterocycles. The van der Waals surface area contributed by atoms with Gasteiger partial charge in [0.1, 0.15) is 18.4 Å². The van der Waals surface area contributed by atoms with Gasteiger partial charge >= 0.3 is 0 Å². The molecule has 0 bridgehead atoms. The van der Waals surface area contributed by atoms with E-state index in [1.54, 1.807) is 32.0 Å². The van der Waals surface area contributed by atoms with Crippen LogP contribution in [-0.4, -0.2) is 16.0 Å². The molecule has 1 amide bonds. The second-order valence-electron chi connectivity index (χ2n) is 5.68. The van der Waals surface area contributed by atoms with E-state index in [4.69, 9.17) is 9.26 Å². The maximum absolute atomic E-state index is 12.4. The zero-order valence-electron chi connectivity index (χ0n) is 14.1. The number of ether oxygens (including phenoxy) is 1. The number of carbonyl (C=O) groups is 1. The number of amides is 1. The molecule has 0 saturated carbocycles. The zero-order valence-corrected chi connectivity index (χ0v) is 14.1. The third kappa shape index (κ3) is 4.44. The third-order valence-electron chi connectivity index (χ3n) is 3.61. The smallest absolute Gasteiger partial charge is 0.252 e. The van der Waals surface area contributed by atoms with Crippen LogP contribution in [0.25, 0.3) is 0 Å². The summed E-state index contributed by atoms with van der Waals surface area (Å²) in [6.07, 6.45) is 0. The molecule has 6 heteroatoms. The van der Waals surface area contributed by atoms with Gasteiger partial charge in [-0.3, -0.25) is 4.79 Å². The Kier molecular flexibility index (Phi) is 5.09. The topological polar surface area (TPSA) is 77.2 Å². The molecule has 0 spiro atoms. The Balaban J connectivity index is 1.63. The maximum atomic E-state index is 12.4. The van der Waals surface area contributed by atoms with Crippen LogP contribution < -0.4 is 10.1 Å². The van der Waals surface area contributed by atoms with E-state index in [1.165, 1.54) is 0 Å². The largest absolute Gasteiger partial charge is 0.489 e. The fourth-order valence-corrected chi connectivity index (χ4v) is 2.30. The highest BCUT2D eigenvalue weighted by Gasteiger charge is 2.16. The normalized spacial score (nSPS) is 11.8. The van der Waals surface area contributed by atoms with Crippen molar-refractivity contribution in [1.82, 2.24) is 15.5 Å². The number of hydrogen-bond donors (Lipinski definition) is 1. The number of benzene rings is 2. The highest BCUT2D eigenvalue weighted by atomic mass is 16.5. The summed E-state index contributed by atoms with van der Waals surface area (Å²) in [6, 6.07) is 16.5. The van der Waals surface area contributed by atoms with Crippen LogP contribution in [-0.2, 0) is 6.61 Å². The number of hydrogen-bond acceptors (Lipinski definition) is 5. The Morgan fingerprint density at radius 3 is 2.72 bits per heavy atom. The van der Waals surface area contributed by atoms with E-state index in [0.717, 1.165) is 5.56 Å². The minimum atomic E-state index is -0.373. The van der Waals surface area contributed by atoms with Crippen molar-refractivity contribution in [2.75, 3.05) is 0 Å². The molecule has 128 valence electrons. The first-order chi connectivity index (χ1) is 12.1. The molecule has 1 aromatic heterocycles. The average Bonchev–Trinajstić information content (AvgIpc) is 3.08. The van der Waals surface area contributed by atoms with Crippen molar-refractivity contribution in [2.45, 2.75) is 26.5 Å². The summed E-state index contributed by atoms with van der Waals surface area (Å²) < 4.78 is 10.8. The Bertz CT molecular complexity index is 846. The van der Waals surface area contributed by atoms with Gasteiger partial charge in [0.15, 0.2) is 5.82 Å². The van der Waals surface area contributed by atoms with Gasteiger partial charge in [0.05, 0.1) is 0 Å². The molecule has 0 aliphatic rings. The molecule has 25 heavy (non-hydrogen) atoms. The second kappa shape index (κ2) is 7.61. The number of nitrogens with one attached hydrogen (secondary N) is 1. The first kappa shape index (κ1) is 16.7. The van der Waals surface area contributed by atoms with E-state index in [1.807, 2.05) is 36.4 Å². The van der Waals surface area contributed by atoms with E-state index in [-0.39, 0.29) is 11.9 Å². The van der Waals surface area contributed by atoms with Gasteiger partial charge in [-0.1, -0.05) is 41.6 Å². The van der Waals surface area contributed by atoms with E-state index in [0.29, 0.717) is 29.6 Å².